The normalized spacial score (nSPS) is 10.4. The number of halogens is 1. The lowest BCUT2D eigenvalue weighted by molar-refractivity contribution is -0.688. The Labute approximate surface area is 198 Å². The van der Waals surface area contributed by atoms with Crippen LogP contribution in [0.4, 0.5) is 0 Å². The van der Waals surface area contributed by atoms with E-state index in [1.165, 1.54) is 5.56 Å². The molecule has 0 aliphatic heterocycles. The maximum atomic E-state index is 4.84. The Balaban J connectivity index is 0.00000245. The summed E-state index contributed by atoms with van der Waals surface area (Å²) in [6, 6.07) is 30.7. The van der Waals surface area contributed by atoms with Gasteiger partial charge in [0, 0.05) is 30.1 Å². The molecule has 156 valence electrons. The summed E-state index contributed by atoms with van der Waals surface area (Å²) in [6.07, 6.45) is 7.74. The Morgan fingerprint density at radius 2 is 1.16 bits per heavy atom. The van der Waals surface area contributed by atoms with Gasteiger partial charge in [0.1, 0.15) is 0 Å². The van der Waals surface area contributed by atoms with Gasteiger partial charge in [-0.15, -0.1) is 0 Å². The second kappa shape index (κ2) is 10.1. The van der Waals surface area contributed by atoms with Gasteiger partial charge in [-0.25, -0.2) is 9.55 Å². The fourth-order valence-corrected chi connectivity index (χ4v) is 3.54. The molecule has 4 aromatic heterocycles. The van der Waals surface area contributed by atoms with E-state index in [1.54, 1.807) is 12.4 Å². The van der Waals surface area contributed by atoms with Crippen molar-refractivity contribution in [2.45, 2.75) is 6.54 Å². The Kier molecular flexibility index (Phi) is 6.78. The first-order valence-electron chi connectivity index (χ1n) is 10.2. The molecule has 0 radical (unpaired) electrons. The van der Waals surface area contributed by atoms with Gasteiger partial charge in [0.15, 0.2) is 18.9 Å². The second-order valence-corrected chi connectivity index (χ2v) is 7.30. The van der Waals surface area contributed by atoms with Crippen LogP contribution in [0, 0.1) is 0 Å². The third-order valence-corrected chi connectivity index (χ3v) is 5.11. The number of aromatic nitrogens is 4. The molecule has 0 N–H and O–H groups in total. The number of nitrogens with zero attached hydrogens (tertiary/aromatic N) is 4. The van der Waals surface area contributed by atoms with Crippen LogP contribution in [0.15, 0.2) is 116 Å². The molecule has 0 bridgehead atoms. The highest BCUT2D eigenvalue weighted by molar-refractivity contribution is 5.74. The van der Waals surface area contributed by atoms with Crippen LogP contribution < -0.4 is 21.5 Å². The average molecular weight is 481 g/mol. The van der Waals surface area contributed by atoms with E-state index in [0.29, 0.717) is 0 Å². The first kappa shape index (κ1) is 21.5. The summed E-state index contributed by atoms with van der Waals surface area (Å²) >= 11 is 0. The highest BCUT2D eigenvalue weighted by Crippen LogP contribution is 2.29. The summed E-state index contributed by atoms with van der Waals surface area (Å²) in [7, 11) is 0. The molecule has 0 spiro atoms. The van der Waals surface area contributed by atoms with Crippen molar-refractivity contribution in [1.29, 1.82) is 0 Å². The summed E-state index contributed by atoms with van der Waals surface area (Å²) in [5.41, 5.74) is 6.85. The van der Waals surface area contributed by atoms with E-state index in [2.05, 4.69) is 63.3 Å². The molecular formula is C27H21BrN4. The summed E-state index contributed by atoms with van der Waals surface area (Å²) in [5, 5.41) is 0. The zero-order valence-corrected chi connectivity index (χ0v) is 18.9. The predicted molar refractivity (Wildman–Crippen MR) is 122 cm³/mol. The SMILES string of the molecule is [Br-].c1cc[n+](Cc2ccc(-c3cc(-c4ccccn4)nc(-c4ccccn4)c3)cc2)cc1. The van der Waals surface area contributed by atoms with Crippen molar-refractivity contribution in [2.24, 2.45) is 0 Å². The molecule has 0 aliphatic carbocycles. The van der Waals surface area contributed by atoms with Crippen LogP contribution in [0.3, 0.4) is 0 Å². The second-order valence-electron chi connectivity index (χ2n) is 7.30. The molecule has 1 aromatic carbocycles. The van der Waals surface area contributed by atoms with Gasteiger partial charge in [-0.2, -0.15) is 0 Å². The van der Waals surface area contributed by atoms with E-state index in [-0.39, 0.29) is 17.0 Å². The van der Waals surface area contributed by atoms with Gasteiger partial charge in [0.2, 0.25) is 0 Å². The summed E-state index contributed by atoms with van der Waals surface area (Å²) in [4.78, 5) is 13.8. The molecule has 4 nitrogen and oxygen atoms in total. The smallest absolute Gasteiger partial charge is 0.173 e. The number of hydrogen-bond acceptors (Lipinski definition) is 3. The van der Waals surface area contributed by atoms with E-state index >= 15 is 0 Å². The van der Waals surface area contributed by atoms with Crippen molar-refractivity contribution in [1.82, 2.24) is 15.0 Å². The topological polar surface area (TPSA) is 42.5 Å². The molecule has 4 heterocycles. The minimum Gasteiger partial charge on any atom is -1.00 e. The molecule has 0 amide bonds. The molecule has 5 heteroatoms. The van der Waals surface area contributed by atoms with E-state index in [9.17, 15) is 0 Å². The molecule has 5 aromatic rings. The highest BCUT2D eigenvalue weighted by atomic mass is 79.9. The van der Waals surface area contributed by atoms with Gasteiger partial charge in [0.05, 0.1) is 22.8 Å². The lowest BCUT2D eigenvalue weighted by Crippen LogP contribution is -3.00. The molecule has 32 heavy (non-hydrogen) atoms. The molecule has 0 saturated carbocycles. The lowest BCUT2D eigenvalue weighted by Gasteiger charge is -2.10. The molecule has 5 rings (SSSR count). The molecule has 0 unspecified atom stereocenters. The molecular weight excluding hydrogens is 460 g/mol. The van der Waals surface area contributed by atoms with Gasteiger partial charge >= 0.3 is 0 Å². The van der Waals surface area contributed by atoms with Crippen molar-refractivity contribution in [3.8, 4) is 33.9 Å². The molecule has 0 aliphatic rings. The van der Waals surface area contributed by atoms with Gasteiger partial charge in [-0.3, -0.25) is 9.97 Å². The Morgan fingerprint density at radius 1 is 0.562 bits per heavy atom. The van der Waals surface area contributed by atoms with Crippen molar-refractivity contribution in [2.75, 3.05) is 0 Å². The summed E-state index contributed by atoms with van der Waals surface area (Å²) in [5.74, 6) is 0. The number of hydrogen-bond donors (Lipinski definition) is 0. The Morgan fingerprint density at radius 3 is 1.69 bits per heavy atom. The molecule has 0 saturated heterocycles. The minimum atomic E-state index is 0. The Bertz CT molecular complexity index is 1220. The van der Waals surface area contributed by atoms with Crippen LogP contribution in [0.1, 0.15) is 5.56 Å². The van der Waals surface area contributed by atoms with Crippen LogP contribution in [-0.2, 0) is 6.54 Å². The van der Waals surface area contributed by atoms with Crippen LogP contribution >= 0.6 is 0 Å². The van der Waals surface area contributed by atoms with E-state index in [1.807, 2.05) is 54.6 Å². The van der Waals surface area contributed by atoms with Gasteiger partial charge in [-0.1, -0.05) is 42.5 Å². The average Bonchev–Trinajstić information content (AvgIpc) is 2.86. The summed E-state index contributed by atoms with van der Waals surface area (Å²) < 4.78 is 2.17. The molecule has 0 fully saturated rings. The minimum absolute atomic E-state index is 0. The first-order chi connectivity index (χ1) is 15.3. The zero-order valence-electron chi connectivity index (χ0n) is 17.3. The van der Waals surface area contributed by atoms with Crippen LogP contribution in [0.5, 0.6) is 0 Å². The third-order valence-electron chi connectivity index (χ3n) is 5.11. The van der Waals surface area contributed by atoms with Crippen molar-refractivity contribution < 1.29 is 21.5 Å². The Hall–Kier alpha value is -3.70. The van der Waals surface area contributed by atoms with Crippen LogP contribution in [0.25, 0.3) is 33.9 Å². The maximum Gasteiger partial charge on any atom is 0.173 e. The van der Waals surface area contributed by atoms with E-state index in [4.69, 9.17) is 4.98 Å². The fraction of sp³-hybridized carbons (Fsp3) is 0.0370. The fourth-order valence-electron chi connectivity index (χ4n) is 3.54. The summed E-state index contributed by atoms with van der Waals surface area (Å²) in [6.45, 7) is 0.843. The predicted octanol–water partition coefficient (Wildman–Crippen LogP) is 2.21. The highest BCUT2D eigenvalue weighted by Gasteiger charge is 2.11. The van der Waals surface area contributed by atoms with E-state index in [0.717, 1.165) is 40.4 Å². The van der Waals surface area contributed by atoms with Crippen molar-refractivity contribution in [3.63, 3.8) is 0 Å². The van der Waals surface area contributed by atoms with Crippen molar-refractivity contribution in [3.05, 3.63) is 121 Å². The van der Waals surface area contributed by atoms with Crippen LogP contribution in [-0.4, -0.2) is 15.0 Å². The monoisotopic (exact) mass is 480 g/mol. The standard InChI is InChI=1S/C27H21N4.BrH/c1-6-16-31(17-7-1)20-21-10-12-22(13-11-21)23-18-26(24-8-2-4-14-28-24)30-27(19-23)25-9-3-5-15-29-25;/h1-19H,20H2;1H/q+1;/p-1. The maximum absolute atomic E-state index is 4.84. The largest absolute Gasteiger partial charge is 1.00 e. The van der Waals surface area contributed by atoms with Crippen LogP contribution in [0.2, 0.25) is 0 Å². The van der Waals surface area contributed by atoms with E-state index < -0.39 is 0 Å². The van der Waals surface area contributed by atoms with Gasteiger partial charge < -0.3 is 17.0 Å². The molecule has 0 atom stereocenters. The lowest BCUT2D eigenvalue weighted by atomic mass is 10.0. The third kappa shape index (κ3) is 4.95. The number of benzene rings is 1. The first-order valence-corrected chi connectivity index (χ1v) is 10.2. The number of pyridine rings is 4. The quantitative estimate of drug-likeness (QED) is 0.362. The zero-order chi connectivity index (χ0) is 20.9. The van der Waals surface area contributed by atoms with Gasteiger partial charge in [-0.05, 0) is 47.5 Å². The van der Waals surface area contributed by atoms with Crippen molar-refractivity contribution >= 4 is 0 Å². The number of rotatable bonds is 5. The van der Waals surface area contributed by atoms with Gasteiger partial charge in [0.25, 0.3) is 0 Å².